The molecule has 1 unspecified atom stereocenters. The molecule has 0 bridgehead atoms. The summed E-state index contributed by atoms with van der Waals surface area (Å²) in [5.41, 5.74) is -1.64. The van der Waals surface area contributed by atoms with Gasteiger partial charge in [-0.25, -0.2) is 0 Å². The van der Waals surface area contributed by atoms with E-state index in [4.69, 9.17) is 10.2 Å². The second-order valence-corrected chi connectivity index (χ2v) is 2.63. The van der Waals surface area contributed by atoms with E-state index in [-0.39, 0.29) is 0 Å². The van der Waals surface area contributed by atoms with Crippen molar-refractivity contribution < 1.29 is 15.0 Å². The molecule has 0 heterocycles. The number of hydrogen-bond donors (Lipinski definition) is 2. The van der Waals surface area contributed by atoms with Gasteiger partial charge in [-0.05, 0) is 6.92 Å². The van der Waals surface area contributed by atoms with Gasteiger partial charge in [0.05, 0.1) is 6.61 Å². The van der Waals surface area contributed by atoms with Crippen LogP contribution in [0.25, 0.3) is 0 Å². The first-order valence-corrected chi connectivity index (χ1v) is 2.97. The Hall–Kier alpha value is -0.610. The summed E-state index contributed by atoms with van der Waals surface area (Å²) in [5.74, 6) is -0.491. The van der Waals surface area contributed by atoms with Gasteiger partial charge < -0.3 is 15.1 Å². The minimum absolute atomic E-state index is 0.491. The van der Waals surface area contributed by atoms with Crippen molar-refractivity contribution in [2.24, 2.45) is 0 Å². The van der Waals surface area contributed by atoms with E-state index in [1.54, 1.807) is 0 Å². The van der Waals surface area contributed by atoms with Crippen molar-refractivity contribution >= 4 is 5.91 Å². The average Bonchev–Trinajstić information content (AvgIpc) is 1.86. The zero-order chi connectivity index (χ0) is 8.36. The lowest BCUT2D eigenvalue weighted by molar-refractivity contribution is -0.150. The molecule has 0 aromatic carbocycles. The van der Waals surface area contributed by atoms with Crippen LogP contribution in [-0.4, -0.2) is 47.3 Å². The van der Waals surface area contributed by atoms with Gasteiger partial charge in [0, 0.05) is 14.1 Å². The molecule has 0 aromatic heterocycles. The van der Waals surface area contributed by atoms with Crippen LogP contribution >= 0.6 is 0 Å². The molecule has 10 heavy (non-hydrogen) atoms. The van der Waals surface area contributed by atoms with Gasteiger partial charge in [-0.1, -0.05) is 0 Å². The first-order chi connectivity index (χ1) is 4.41. The molecule has 0 saturated heterocycles. The summed E-state index contributed by atoms with van der Waals surface area (Å²) in [6.07, 6.45) is 0. The molecule has 0 spiro atoms. The lowest BCUT2D eigenvalue weighted by Crippen LogP contribution is -2.46. The topological polar surface area (TPSA) is 60.8 Å². The third kappa shape index (κ3) is 1.97. The van der Waals surface area contributed by atoms with Gasteiger partial charge in [-0.3, -0.25) is 4.79 Å². The van der Waals surface area contributed by atoms with Crippen LogP contribution in [0, 0.1) is 0 Å². The second kappa shape index (κ2) is 2.98. The highest BCUT2D eigenvalue weighted by atomic mass is 16.3. The Labute approximate surface area is 60.1 Å². The molecule has 0 aliphatic rings. The van der Waals surface area contributed by atoms with Crippen molar-refractivity contribution in [1.82, 2.24) is 4.90 Å². The van der Waals surface area contributed by atoms with Crippen molar-refractivity contribution in [3.63, 3.8) is 0 Å². The molecular formula is C6H13NO3. The van der Waals surface area contributed by atoms with Gasteiger partial charge >= 0.3 is 0 Å². The predicted octanol–water partition coefficient (Wildman–Crippen LogP) is -1.18. The van der Waals surface area contributed by atoms with Crippen LogP contribution < -0.4 is 0 Å². The Bertz CT molecular complexity index is 131. The number of aliphatic hydroxyl groups excluding tert-OH is 1. The lowest BCUT2D eigenvalue weighted by atomic mass is 10.1. The summed E-state index contributed by atoms with van der Waals surface area (Å²) in [6.45, 7) is 0.722. The third-order valence-corrected chi connectivity index (χ3v) is 1.17. The SMILES string of the molecule is CN(C)C(=O)C(C)(O)CO. The Kier molecular flexibility index (Phi) is 2.80. The molecule has 4 nitrogen and oxygen atoms in total. The van der Waals surface area contributed by atoms with Crippen molar-refractivity contribution in [2.75, 3.05) is 20.7 Å². The lowest BCUT2D eigenvalue weighted by Gasteiger charge is -2.22. The average molecular weight is 147 g/mol. The van der Waals surface area contributed by atoms with E-state index < -0.39 is 18.1 Å². The number of likely N-dealkylation sites (N-methyl/N-ethyl adjacent to an activating group) is 1. The van der Waals surface area contributed by atoms with Gasteiger partial charge in [0.25, 0.3) is 5.91 Å². The van der Waals surface area contributed by atoms with Crippen molar-refractivity contribution in [3.8, 4) is 0 Å². The van der Waals surface area contributed by atoms with Crippen LogP contribution in [0.1, 0.15) is 6.92 Å². The fraction of sp³-hybridized carbons (Fsp3) is 0.833. The van der Waals surface area contributed by atoms with E-state index >= 15 is 0 Å². The second-order valence-electron chi connectivity index (χ2n) is 2.63. The number of carbonyl (C=O) groups is 1. The van der Waals surface area contributed by atoms with Gasteiger partial charge in [0.2, 0.25) is 0 Å². The first-order valence-electron chi connectivity index (χ1n) is 2.97. The Morgan fingerprint density at radius 1 is 1.60 bits per heavy atom. The molecule has 0 aliphatic heterocycles. The Morgan fingerprint density at radius 2 is 2.00 bits per heavy atom. The third-order valence-electron chi connectivity index (χ3n) is 1.17. The van der Waals surface area contributed by atoms with Crippen LogP contribution in [0.15, 0.2) is 0 Å². The van der Waals surface area contributed by atoms with Gasteiger partial charge in [0.1, 0.15) is 0 Å². The highest BCUT2D eigenvalue weighted by Gasteiger charge is 2.30. The van der Waals surface area contributed by atoms with E-state index in [1.165, 1.54) is 25.9 Å². The zero-order valence-electron chi connectivity index (χ0n) is 6.46. The van der Waals surface area contributed by atoms with E-state index in [9.17, 15) is 4.79 Å². The number of aliphatic hydroxyl groups is 2. The molecule has 1 atom stereocenters. The van der Waals surface area contributed by atoms with Crippen molar-refractivity contribution in [1.29, 1.82) is 0 Å². The van der Waals surface area contributed by atoms with Gasteiger partial charge in [0.15, 0.2) is 5.60 Å². The molecule has 0 radical (unpaired) electrons. The number of rotatable bonds is 2. The zero-order valence-corrected chi connectivity index (χ0v) is 6.46. The normalized spacial score (nSPS) is 16.1. The minimum atomic E-state index is -1.64. The molecule has 0 saturated carbocycles. The van der Waals surface area contributed by atoms with Crippen LogP contribution in [0.5, 0.6) is 0 Å². The monoisotopic (exact) mass is 147 g/mol. The summed E-state index contributed by atoms with van der Waals surface area (Å²) in [6, 6.07) is 0. The molecular weight excluding hydrogens is 134 g/mol. The number of hydrogen-bond acceptors (Lipinski definition) is 3. The van der Waals surface area contributed by atoms with E-state index in [1.807, 2.05) is 0 Å². The number of nitrogens with zero attached hydrogens (tertiary/aromatic N) is 1. The van der Waals surface area contributed by atoms with E-state index in [2.05, 4.69) is 0 Å². The molecule has 4 heteroatoms. The van der Waals surface area contributed by atoms with E-state index in [0.29, 0.717) is 0 Å². The molecule has 0 fully saturated rings. The summed E-state index contributed by atoms with van der Waals surface area (Å²) in [4.78, 5) is 12.1. The van der Waals surface area contributed by atoms with Crippen LogP contribution in [-0.2, 0) is 4.79 Å². The Morgan fingerprint density at radius 3 is 2.10 bits per heavy atom. The van der Waals surface area contributed by atoms with Crippen LogP contribution in [0.4, 0.5) is 0 Å². The fourth-order valence-corrected chi connectivity index (χ4v) is 0.549. The Balaban J connectivity index is 4.19. The summed E-state index contributed by atoms with van der Waals surface area (Å²) in [5, 5.41) is 17.6. The number of amides is 1. The summed E-state index contributed by atoms with van der Waals surface area (Å²) < 4.78 is 0. The molecule has 0 aromatic rings. The predicted molar refractivity (Wildman–Crippen MR) is 36.4 cm³/mol. The van der Waals surface area contributed by atoms with Gasteiger partial charge in [-0.2, -0.15) is 0 Å². The molecule has 0 aliphatic carbocycles. The smallest absolute Gasteiger partial charge is 0.256 e. The minimum Gasteiger partial charge on any atom is -0.393 e. The standard InChI is InChI=1S/C6H13NO3/c1-6(10,4-8)5(9)7(2)3/h8,10H,4H2,1-3H3. The maximum absolute atomic E-state index is 10.9. The molecule has 60 valence electrons. The largest absolute Gasteiger partial charge is 0.393 e. The van der Waals surface area contributed by atoms with Gasteiger partial charge in [-0.15, -0.1) is 0 Å². The van der Waals surface area contributed by atoms with Crippen molar-refractivity contribution in [2.45, 2.75) is 12.5 Å². The number of carbonyl (C=O) groups excluding carboxylic acids is 1. The van der Waals surface area contributed by atoms with Crippen molar-refractivity contribution in [3.05, 3.63) is 0 Å². The highest BCUT2D eigenvalue weighted by Crippen LogP contribution is 2.03. The summed E-state index contributed by atoms with van der Waals surface area (Å²) >= 11 is 0. The van der Waals surface area contributed by atoms with Crippen LogP contribution in [0.3, 0.4) is 0 Å². The quantitative estimate of drug-likeness (QED) is 0.516. The first kappa shape index (κ1) is 9.39. The van der Waals surface area contributed by atoms with E-state index in [0.717, 1.165) is 0 Å². The molecule has 2 N–H and O–H groups in total. The molecule has 1 amide bonds. The maximum atomic E-state index is 10.9. The molecule has 0 rings (SSSR count). The maximum Gasteiger partial charge on any atom is 0.256 e. The van der Waals surface area contributed by atoms with Crippen LogP contribution in [0.2, 0.25) is 0 Å². The summed E-state index contributed by atoms with van der Waals surface area (Å²) in [7, 11) is 3.04. The highest BCUT2D eigenvalue weighted by molar-refractivity contribution is 5.84. The fourth-order valence-electron chi connectivity index (χ4n) is 0.549.